The van der Waals surface area contributed by atoms with Gasteiger partial charge in [0.05, 0.1) is 6.61 Å². The van der Waals surface area contributed by atoms with Crippen molar-refractivity contribution >= 4 is 0 Å². The Morgan fingerprint density at radius 3 is 2.56 bits per heavy atom. The van der Waals surface area contributed by atoms with E-state index in [0.717, 1.165) is 25.4 Å². The van der Waals surface area contributed by atoms with Gasteiger partial charge in [0.1, 0.15) is 0 Å². The zero-order valence-corrected chi connectivity index (χ0v) is 12.0. The van der Waals surface area contributed by atoms with E-state index in [1.807, 2.05) is 6.92 Å². The summed E-state index contributed by atoms with van der Waals surface area (Å²) in [7, 11) is 1.79. The van der Waals surface area contributed by atoms with Gasteiger partial charge >= 0.3 is 0 Å². The lowest BCUT2D eigenvalue weighted by atomic mass is 9.96. The minimum absolute atomic E-state index is 0.0788. The molecule has 0 bridgehead atoms. The summed E-state index contributed by atoms with van der Waals surface area (Å²) in [4.78, 5) is 2.54. The number of unbranched alkanes of at least 4 members (excludes halogenated alkanes) is 1. The first-order valence-electron chi connectivity index (χ1n) is 7.18. The van der Waals surface area contributed by atoms with Crippen LogP contribution in [0.4, 0.5) is 0 Å². The quantitative estimate of drug-likeness (QED) is 0.643. The molecule has 4 nitrogen and oxygen atoms in total. The molecule has 0 aliphatic carbocycles. The summed E-state index contributed by atoms with van der Waals surface area (Å²) in [6.45, 7) is 6.48. The Morgan fingerprint density at radius 2 is 2.00 bits per heavy atom. The van der Waals surface area contributed by atoms with Crippen LogP contribution in [0, 0.1) is 5.92 Å². The molecule has 0 aromatic carbocycles. The Morgan fingerprint density at radius 1 is 1.33 bits per heavy atom. The normalized spacial score (nSPS) is 22.0. The number of likely N-dealkylation sites (tertiary alicyclic amines) is 1. The lowest BCUT2D eigenvalue weighted by molar-refractivity contribution is 0.0983. The van der Waals surface area contributed by atoms with Crippen molar-refractivity contribution in [2.75, 3.05) is 40.0 Å². The highest BCUT2D eigenvalue weighted by atomic mass is 16.5. The third-order valence-electron chi connectivity index (χ3n) is 3.94. The number of hydrogen-bond donors (Lipinski definition) is 2. The molecule has 0 amide bonds. The summed E-state index contributed by atoms with van der Waals surface area (Å²) in [5.74, 6) is 0.757. The van der Waals surface area contributed by atoms with Crippen LogP contribution in [0.5, 0.6) is 0 Å². The summed E-state index contributed by atoms with van der Waals surface area (Å²) in [6.07, 6.45) is 5.72. The van der Waals surface area contributed by atoms with Crippen LogP contribution < -0.4 is 5.73 Å². The van der Waals surface area contributed by atoms with E-state index in [4.69, 9.17) is 15.6 Å². The summed E-state index contributed by atoms with van der Waals surface area (Å²) >= 11 is 0. The van der Waals surface area contributed by atoms with Crippen molar-refractivity contribution in [3.63, 3.8) is 0 Å². The van der Waals surface area contributed by atoms with Gasteiger partial charge in [0.2, 0.25) is 0 Å². The number of ether oxygens (including phenoxy) is 1. The van der Waals surface area contributed by atoms with Crippen molar-refractivity contribution in [2.45, 2.75) is 44.6 Å². The largest absolute Gasteiger partial charge is 0.394 e. The summed E-state index contributed by atoms with van der Waals surface area (Å²) < 4.78 is 5.21. The molecule has 4 heteroatoms. The maximum Gasteiger partial charge on any atom is 0.0608 e. The molecule has 1 rings (SSSR count). The zero-order valence-electron chi connectivity index (χ0n) is 12.0. The second-order valence-corrected chi connectivity index (χ2v) is 6.01. The second kappa shape index (κ2) is 8.10. The highest BCUT2D eigenvalue weighted by Gasteiger charge is 2.19. The lowest BCUT2D eigenvalue weighted by Crippen LogP contribution is -2.40. The van der Waals surface area contributed by atoms with Crippen molar-refractivity contribution in [3.05, 3.63) is 0 Å². The average Bonchev–Trinajstić information content (AvgIpc) is 2.37. The van der Waals surface area contributed by atoms with Gasteiger partial charge in [0.15, 0.2) is 0 Å². The van der Waals surface area contributed by atoms with E-state index in [-0.39, 0.29) is 6.61 Å². The van der Waals surface area contributed by atoms with Crippen LogP contribution in [0.1, 0.15) is 39.0 Å². The molecule has 1 saturated heterocycles. The smallest absolute Gasteiger partial charge is 0.0608 e. The van der Waals surface area contributed by atoms with Gasteiger partial charge < -0.3 is 20.5 Å². The van der Waals surface area contributed by atoms with Gasteiger partial charge in [-0.05, 0) is 58.2 Å². The molecular weight excluding hydrogens is 228 g/mol. The molecule has 1 aliphatic heterocycles. The SMILES string of the molecule is COCC1CCN(CCCCC(C)(N)CO)CC1. The van der Waals surface area contributed by atoms with Crippen molar-refractivity contribution in [3.8, 4) is 0 Å². The van der Waals surface area contributed by atoms with Gasteiger partial charge in [-0.25, -0.2) is 0 Å². The van der Waals surface area contributed by atoms with Crippen LogP contribution in [-0.4, -0.2) is 55.5 Å². The number of aliphatic hydroxyl groups excluding tert-OH is 1. The molecule has 0 radical (unpaired) electrons. The Bertz CT molecular complexity index is 214. The molecule has 1 heterocycles. The van der Waals surface area contributed by atoms with Gasteiger partial charge in [-0.3, -0.25) is 0 Å². The van der Waals surface area contributed by atoms with Crippen molar-refractivity contribution < 1.29 is 9.84 Å². The van der Waals surface area contributed by atoms with E-state index in [0.29, 0.717) is 0 Å². The lowest BCUT2D eigenvalue weighted by Gasteiger charge is -2.31. The predicted octanol–water partition coefficient (Wildman–Crippen LogP) is 1.22. The molecule has 0 aromatic heterocycles. The molecule has 18 heavy (non-hydrogen) atoms. The number of piperidine rings is 1. The van der Waals surface area contributed by atoms with Gasteiger partial charge in [0.25, 0.3) is 0 Å². The average molecular weight is 258 g/mol. The van der Waals surface area contributed by atoms with Crippen LogP contribution in [0.15, 0.2) is 0 Å². The third-order valence-corrected chi connectivity index (χ3v) is 3.94. The fraction of sp³-hybridized carbons (Fsp3) is 1.00. The minimum atomic E-state index is -0.397. The molecular formula is C14H30N2O2. The fourth-order valence-electron chi connectivity index (χ4n) is 2.56. The number of rotatable bonds is 8. The zero-order chi connectivity index (χ0) is 13.4. The Balaban J connectivity index is 2.04. The van der Waals surface area contributed by atoms with Crippen LogP contribution in [-0.2, 0) is 4.74 Å². The predicted molar refractivity (Wildman–Crippen MR) is 74.6 cm³/mol. The highest BCUT2D eigenvalue weighted by Crippen LogP contribution is 2.18. The first-order chi connectivity index (χ1) is 8.57. The van der Waals surface area contributed by atoms with Crippen LogP contribution in [0.25, 0.3) is 0 Å². The van der Waals surface area contributed by atoms with Crippen LogP contribution in [0.3, 0.4) is 0 Å². The number of aliphatic hydroxyl groups is 1. The monoisotopic (exact) mass is 258 g/mol. The summed E-state index contributed by atoms with van der Waals surface area (Å²) in [6, 6.07) is 0. The van der Waals surface area contributed by atoms with E-state index in [9.17, 15) is 0 Å². The molecule has 1 aliphatic rings. The molecule has 1 fully saturated rings. The van der Waals surface area contributed by atoms with Gasteiger partial charge in [-0.2, -0.15) is 0 Å². The Kier molecular flexibility index (Phi) is 7.15. The molecule has 3 N–H and O–H groups in total. The maximum atomic E-state index is 9.07. The van der Waals surface area contributed by atoms with Crippen LogP contribution in [0.2, 0.25) is 0 Å². The fourth-order valence-corrected chi connectivity index (χ4v) is 2.56. The van der Waals surface area contributed by atoms with Crippen molar-refractivity contribution in [1.29, 1.82) is 0 Å². The van der Waals surface area contributed by atoms with E-state index in [1.165, 1.54) is 38.9 Å². The molecule has 1 atom stereocenters. The van der Waals surface area contributed by atoms with Gasteiger partial charge in [0, 0.05) is 19.3 Å². The topological polar surface area (TPSA) is 58.7 Å². The van der Waals surface area contributed by atoms with Crippen molar-refractivity contribution in [1.82, 2.24) is 4.90 Å². The Labute approximate surface area is 111 Å². The number of hydrogen-bond acceptors (Lipinski definition) is 4. The number of methoxy groups -OCH3 is 1. The second-order valence-electron chi connectivity index (χ2n) is 6.01. The van der Waals surface area contributed by atoms with Crippen LogP contribution >= 0.6 is 0 Å². The molecule has 1 unspecified atom stereocenters. The number of nitrogens with zero attached hydrogens (tertiary/aromatic N) is 1. The minimum Gasteiger partial charge on any atom is -0.394 e. The van der Waals surface area contributed by atoms with E-state index < -0.39 is 5.54 Å². The summed E-state index contributed by atoms with van der Waals surface area (Å²) in [5.41, 5.74) is 5.51. The molecule has 108 valence electrons. The standard InChI is InChI=1S/C14H30N2O2/c1-14(15,12-17)7-3-4-8-16-9-5-13(6-10-16)11-18-2/h13,17H,3-12,15H2,1-2H3. The summed E-state index contributed by atoms with van der Waals surface area (Å²) in [5, 5.41) is 9.07. The first-order valence-corrected chi connectivity index (χ1v) is 7.18. The highest BCUT2D eigenvalue weighted by molar-refractivity contribution is 4.77. The maximum absolute atomic E-state index is 9.07. The molecule has 0 spiro atoms. The van der Waals surface area contributed by atoms with Crippen molar-refractivity contribution in [2.24, 2.45) is 11.7 Å². The Hall–Kier alpha value is -0.160. The third kappa shape index (κ3) is 6.14. The first kappa shape index (κ1) is 15.9. The molecule has 0 aromatic rings. The molecule has 0 saturated carbocycles. The van der Waals surface area contributed by atoms with E-state index in [2.05, 4.69) is 4.90 Å². The number of nitrogens with two attached hydrogens (primary N) is 1. The van der Waals surface area contributed by atoms with E-state index >= 15 is 0 Å². The van der Waals surface area contributed by atoms with E-state index in [1.54, 1.807) is 7.11 Å². The van der Waals surface area contributed by atoms with Gasteiger partial charge in [-0.15, -0.1) is 0 Å². The van der Waals surface area contributed by atoms with Gasteiger partial charge in [-0.1, -0.05) is 6.42 Å².